The van der Waals surface area contributed by atoms with Crippen LogP contribution in [0.25, 0.3) is 0 Å². The summed E-state index contributed by atoms with van der Waals surface area (Å²) < 4.78 is 127. The second-order valence-corrected chi connectivity index (χ2v) is 32.3. The average Bonchev–Trinajstić information content (AvgIpc) is 0.739. The summed E-state index contributed by atoms with van der Waals surface area (Å²) >= 11 is 0. The van der Waals surface area contributed by atoms with Crippen molar-refractivity contribution in [3.05, 3.63) is 0 Å². The van der Waals surface area contributed by atoms with Gasteiger partial charge in [0, 0.05) is 13.8 Å². The Morgan fingerprint density at radius 1 is 0.224 bits per heavy atom. The van der Waals surface area contributed by atoms with Gasteiger partial charge in [-0.15, -0.1) is 0 Å². The molecule has 0 spiro atoms. The number of carbonyl (C=O) groups is 2. The minimum absolute atomic E-state index is 0.869. The molecular weight excluding hydrogens is 1720 g/mol. The van der Waals surface area contributed by atoms with Gasteiger partial charge in [0.25, 0.3) is 0 Å². The molecular formula is C70H118N2O53. The van der Waals surface area contributed by atoms with E-state index in [1.54, 1.807) is 0 Å². The molecule has 0 aliphatic carbocycles. The fraction of sp³-hybridized carbons (Fsp3) is 0.971. The number of hydrogen-bond donors (Lipinski definition) is 32. The number of rotatable bonds is 30. The molecule has 55 atom stereocenters. The maximum Gasteiger partial charge on any atom is 0.217 e. The van der Waals surface area contributed by atoms with Gasteiger partial charge in [0.05, 0.1) is 71.2 Å². The van der Waals surface area contributed by atoms with Gasteiger partial charge in [0.2, 0.25) is 11.8 Å². The highest BCUT2D eigenvalue weighted by atomic mass is 16.8. The van der Waals surface area contributed by atoms with Crippen LogP contribution in [0, 0.1) is 0 Å². The van der Waals surface area contributed by atoms with Crippen molar-refractivity contribution in [1.82, 2.24) is 10.6 Å². The van der Waals surface area contributed by atoms with Crippen LogP contribution in [0.2, 0.25) is 0 Å². The van der Waals surface area contributed by atoms with Gasteiger partial charge < -0.3 is 263 Å². The topological polar surface area (TPSA) is 859 Å². The molecule has 0 aromatic rings. The van der Waals surface area contributed by atoms with Crippen LogP contribution >= 0.6 is 0 Å². The first kappa shape index (κ1) is 102. The summed E-state index contributed by atoms with van der Waals surface area (Å²) in [4.78, 5) is 27.6. The molecule has 11 heterocycles. The zero-order valence-electron chi connectivity index (χ0n) is 67.2. The third-order valence-electron chi connectivity index (χ3n) is 23.7. The van der Waals surface area contributed by atoms with Crippen molar-refractivity contribution in [2.75, 3.05) is 52.9 Å². The van der Waals surface area contributed by atoms with Gasteiger partial charge in [-0.2, -0.15) is 0 Å². The Bertz CT molecular complexity index is 3330. The summed E-state index contributed by atoms with van der Waals surface area (Å²) in [6.07, 6.45) is -112. The van der Waals surface area contributed by atoms with Gasteiger partial charge >= 0.3 is 0 Å². The smallest absolute Gasteiger partial charge is 0.217 e. The molecule has 0 aromatic carbocycles. The molecule has 0 saturated carbocycles. The monoisotopic (exact) mass is 1830 g/mol. The predicted octanol–water partition coefficient (Wildman–Crippen LogP) is -21.6. The molecule has 0 radical (unpaired) electrons. The van der Waals surface area contributed by atoms with E-state index in [2.05, 4.69) is 10.6 Å². The van der Waals surface area contributed by atoms with Crippen molar-refractivity contribution in [3.63, 3.8) is 0 Å². The minimum Gasteiger partial charge on any atom is -0.394 e. The molecule has 0 unspecified atom stereocenters. The quantitative estimate of drug-likeness (QED) is 0.0318. The maximum atomic E-state index is 13.9. The molecule has 0 bridgehead atoms. The molecule has 32 N–H and O–H groups in total. The number of ether oxygens (including phenoxy) is 21. The largest absolute Gasteiger partial charge is 0.394 e. The number of carbonyl (C=O) groups excluding carboxylic acids is 2. The summed E-state index contributed by atoms with van der Waals surface area (Å²) in [6, 6.07) is -4.24. The van der Waals surface area contributed by atoms with E-state index in [9.17, 15) is 163 Å². The van der Waals surface area contributed by atoms with Crippen molar-refractivity contribution >= 4 is 11.8 Å². The third kappa shape index (κ3) is 21.8. The predicted molar refractivity (Wildman–Crippen MR) is 381 cm³/mol. The molecule has 55 nitrogen and oxygen atoms in total. The zero-order valence-corrected chi connectivity index (χ0v) is 67.2. The molecule has 11 rings (SSSR count). The van der Waals surface area contributed by atoms with Crippen LogP contribution in [-0.2, 0) is 109 Å². The average molecular weight is 1840 g/mol. The Hall–Kier alpha value is -3.10. The van der Waals surface area contributed by atoms with Crippen molar-refractivity contribution in [2.24, 2.45) is 0 Å². The van der Waals surface area contributed by atoms with E-state index in [0.717, 1.165) is 13.8 Å². The summed E-state index contributed by atoms with van der Waals surface area (Å²) in [5.74, 6) is -2.12. The molecule has 0 aromatic heterocycles. The number of aliphatic hydroxyl groups is 30. The highest BCUT2D eigenvalue weighted by Crippen LogP contribution is 2.43. The Balaban J connectivity index is 0.964. The lowest BCUT2D eigenvalue weighted by atomic mass is 9.93. The molecule has 11 aliphatic heterocycles. The van der Waals surface area contributed by atoms with Gasteiger partial charge in [-0.1, -0.05) is 0 Å². The van der Waals surface area contributed by atoms with Gasteiger partial charge in [-0.25, -0.2) is 0 Å². The fourth-order valence-corrected chi connectivity index (χ4v) is 16.4. The Morgan fingerprint density at radius 3 is 0.888 bits per heavy atom. The summed E-state index contributed by atoms with van der Waals surface area (Å²) in [7, 11) is 0. The number of nitrogens with one attached hydrogen (secondary N) is 2. The Kier molecular flexibility index (Phi) is 36.0. The van der Waals surface area contributed by atoms with Crippen LogP contribution < -0.4 is 10.6 Å². The van der Waals surface area contributed by atoms with E-state index in [1.807, 2.05) is 0 Å². The number of amides is 2. The Morgan fingerprint density at radius 2 is 0.488 bits per heavy atom. The van der Waals surface area contributed by atoms with Crippen LogP contribution in [-0.4, -0.2) is 556 Å². The SMILES string of the molecule is CC(=O)N[C@H]1[C@H](OC[C@H]2O[C@@H](O[C@H]3[C@H](O)[C@@H](O)[C@H](O)O[C@@H]3CO)[C@H](O)[C@@H](O[C@@H]3O[C@H](CO)[C@@H](O[C@@H]4O[C@H](CO)[C@H](O)[C@H](O[C@H]5O[C@H](CO)[C@H](O)[C@H](O)[C@H]5O)[C@H]4O[C@@H]4O[C@@H](C)[C@@H](O)[C@@H](O)[C@@H]4O)[C@H](O[C@@H]4O[C@@H](C)[C@@H](O)[C@@H](O)[C@@H]4O)[C@H]3NC(C)=O)[C@H]2O)O[C@H](CO)[C@@H](O[C@@H]2O[C@H](CO)[C@H](O)[C@H](O[C@H]3O[C@H](CO)[C@H](O)[C@H](O)[C@H]3O)[C@H]2O)[C@@H]1O[C@@H]1O[C@@H](C)[C@@H](O)[C@@H](O)[C@@H]1O. The highest BCUT2D eigenvalue weighted by molar-refractivity contribution is 5.73. The Labute approximate surface area is 707 Å². The van der Waals surface area contributed by atoms with E-state index in [1.165, 1.54) is 20.8 Å². The first-order chi connectivity index (χ1) is 59.1. The fourth-order valence-electron chi connectivity index (χ4n) is 16.4. The molecule has 11 saturated heterocycles. The van der Waals surface area contributed by atoms with E-state index in [4.69, 9.17) is 99.5 Å². The number of aliphatic hydroxyl groups excluding tert-OH is 30. The van der Waals surface area contributed by atoms with Crippen molar-refractivity contribution in [1.29, 1.82) is 0 Å². The van der Waals surface area contributed by atoms with Gasteiger partial charge in [0.1, 0.15) is 250 Å². The summed E-state index contributed by atoms with van der Waals surface area (Å²) in [5.41, 5.74) is 0. The second-order valence-electron chi connectivity index (χ2n) is 32.3. The summed E-state index contributed by atoms with van der Waals surface area (Å²) in [6.45, 7) is -3.98. The van der Waals surface area contributed by atoms with Crippen LogP contribution in [0.5, 0.6) is 0 Å². The van der Waals surface area contributed by atoms with Crippen LogP contribution in [0.4, 0.5) is 0 Å². The molecule has 125 heavy (non-hydrogen) atoms. The minimum atomic E-state index is -2.59. The lowest BCUT2D eigenvalue weighted by molar-refractivity contribution is -0.412. The standard InChI is InChI=1S/C70H118N2O53/c1-14-29(82)37(90)44(97)63(106-14)120-54-27(71-17(4)80)61(114-24(11-78)52(54)118-68-49(102)56(34(87)21(8-75)112-68)123-66-47(100)40(93)32(85)19(6-73)110-66)105-13-26-36(89)57(50(103)69(116-26)117-51-23(10-77)109-60(104)43(96)42(51)95)122-62-28(72-18(5)81)55(121-64-45(98)38(91)30(83)15(2)107-64)53(25(12-79)115-62)119-70-59(125-65-46(99)39(92)31(84)16(3)108-65)58(35(88)22(9-76)113-70)124-67-48(101)41(94)33(86)20(7-74)111-67/h14-16,19-70,73-79,82-104H,6-13H2,1-5H3,(H,71,80)(H,72,81)/t14-,15-,16-,19+,20+,21+,22+,23+,24+,25+,26+,27+,28+,29+,30+,31+,32-,33-,34-,35-,36-,37+,38+,39+,40-,41-,42+,43+,44-,45-,46-,47+,48+,49+,50+,51+,52+,53+,54+,55+,56-,57-,58-,59+,60+,61+,62-,63-,64-,65-,66+,67+,68-,69-,70-/m0/s1. The lowest BCUT2D eigenvalue weighted by Crippen LogP contribution is -2.72. The van der Waals surface area contributed by atoms with Gasteiger partial charge in [0.15, 0.2) is 69.2 Å². The third-order valence-corrected chi connectivity index (χ3v) is 23.7. The molecule has 2 amide bonds. The second kappa shape index (κ2) is 43.9. The van der Waals surface area contributed by atoms with Crippen LogP contribution in [0.1, 0.15) is 34.6 Å². The molecule has 55 heteroatoms. The van der Waals surface area contributed by atoms with Crippen molar-refractivity contribution < 1.29 is 262 Å². The van der Waals surface area contributed by atoms with E-state index >= 15 is 0 Å². The highest BCUT2D eigenvalue weighted by Gasteiger charge is 2.63. The molecule has 726 valence electrons. The van der Waals surface area contributed by atoms with E-state index < -0.39 is 402 Å². The lowest BCUT2D eigenvalue weighted by Gasteiger charge is -2.53. The van der Waals surface area contributed by atoms with Gasteiger partial charge in [-0.3, -0.25) is 9.59 Å². The molecule has 11 fully saturated rings. The van der Waals surface area contributed by atoms with E-state index in [-0.39, 0.29) is 0 Å². The molecule has 11 aliphatic rings. The zero-order chi connectivity index (χ0) is 91.8. The summed E-state index contributed by atoms with van der Waals surface area (Å²) in [5, 5.41) is 339. The maximum absolute atomic E-state index is 13.9. The van der Waals surface area contributed by atoms with Gasteiger partial charge in [-0.05, 0) is 20.8 Å². The normalized spacial score (nSPS) is 52.6. The first-order valence-corrected chi connectivity index (χ1v) is 40.3. The van der Waals surface area contributed by atoms with Crippen LogP contribution in [0.3, 0.4) is 0 Å². The first-order valence-electron chi connectivity index (χ1n) is 40.3. The van der Waals surface area contributed by atoms with E-state index in [0.29, 0.717) is 0 Å². The van der Waals surface area contributed by atoms with Crippen LogP contribution in [0.15, 0.2) is 0 Å². The number of hydrogen-bond acceptors (Lipinski definition) is 53. The van der Waals surface area contributed by atoms with Crippen molar-refractivity contribution in [2.45, 2.75) is 372 Å². The van der Waals surface area contributed by atoms with Crippen molar-refractivity contribution in [3.8, 4) is 0 Å².